The van der Waals surface area contributed by atoms with Crippen LogP contribution in [-0.2, 0) is 0 Å². The van der Waals surface area contributed by atoms with E-state index < -0.39 is 0 Å². The van der Waals surface area contributed by atoms with Gasteiger partial charge in [0.05, 0.1) is 0 Å². The van der Waals surface area contributed by atoms with E-state index in [1.807, 2.05) is 17.4 Å². The minimum Gasteiger partial charge on any atom is -0.208 e. The third-order valence-corrected chi connectivity index (χ3v) is 12.0. The minimum absolute atomic E-state index is 0.643. The Labute approximate surface area is 334 Å². The first-order valence-corrected chi connectivity index (χ1v) is 20.0. The lowest BCUT2D eigenvalue weighted by molar-refractivity contribution is 1.08. The van der Waals surface area contributed by atoms with E-state index in [1.54, 1.807) is 0 Å². The normalized spacial score (nSPS) is 11.5. The lowest BCUT2D eigenvalue weighted by atomic mass is 9.95. The summed E-state index contributed by atoms with van der Waals surface area (Å²) in [5.41, 5.74) is 10.0. The third-order valence-electron chi connectivity index (χ3n) is 10.9. The molecule has 0 spiro atoms. The number of rotatable bonds is 6. The number of thiophene rings is 1. The molecule has 266 valence electrons. The second-order valence-electron chi connectivity index (χ2n) is 14.4. The summed E-state index contributed by atoms with van der Waals surface area (Å²) in [5.74, 6) is 1.94. The number of hydrogen-bond acceptors (Lipinski definition) is 4. The summed E-state index contributed by atoms with van der Waals surface area (Å²) < 4.78 is 2.48. The number of benzene rings is 9. The summed E-state index contributed by atoms with van der Waals surface area (Å²) in [5, 5.41) is 7.23. The Hall–Kier alpha value is -7.27. The van der Waals surface area contributed by atoms with Crippen LogP contribution < -0.4 is 0 Å². The molecule has 0 saturated heterocycles. The summed E-state index contributed by atoms with van der Waals surface area (Å²) in [6, 6.07) is 71.2. The molecule has 3 nitrogen and oxygen atoms in total. The third kappa shape index (κ3) is 6.13. The van der Waals surface area contributed by atoms with Crippen molar-refractivity contribution in [3.63, 3.8) is 0 Å². The van der Waals surface area contributed by atoms with Gasteiger partial charge in [0, 0.05) is 36.9 Å². The molecule has 0 unspecified atom stereocenters. The van der Waals surface area contributed by atoms with Crippen LogP contribution in [0.1, 0.15) is 0 Å². The molecule has 0 radical (unpaired) electrons. The van der Waals surface area contributed by atoms with Gasteiger partial charge in [-0.3, -0.25) is 0 Å². The molecular weight excluding hydrogens is 711 g/mol. The highest BCUT2D eigenvalue weighted by Gasteiger charge is 2.17. The van der Waals surface area contributed by atoms with Gasteiger partial charge in [-0.15, -0.1) is 11.3 Å². The molecule has 9 aromatic carbocycles. The predicted octanol–water partition coefficient (Wildman–Crippen LogP) is 14.5. The Morgan fingerprint density at radius 3 is 1.51 bits per heavy atom. The van der Waals surface area contributed by atoms with Crippen LogP contribution in [0, 0.1) is 0 Å². The fourth-order valence-electron chi connectivity index (χ4n) is 7.96. The zero-order valence-corrected chi connectivity index (χ0v) is 31.6. The first-order valence-electron chi connectivity index (χ1n) is 19.2. The van der Waals surface area contributed by atoms with E-state index >= 15 is 0 Å². The fourth-order valence-corrected chi connectivity index (χ4v) is 9.08. The van der Waals surface area contributed by atoms with Crippen molar-refractivity contribution in [3.8, 4) is 67.5 Å². The molecule has 0 saturated carbocycles. The van der Waals surface area contributed by atoms with E-state index in [-0.39, 0.29) is 0 Å². The molecule has 2 aromatic heterocycles. The van der Waals surface area contributed by atoms with Crippen LogP contribution in [-0.4, -0.2) is 15.0 Å². The topological polar surface area (TPSA) is 38.7 Å². The Morgan fingerprint density at radius 1 is 0.281 bits per heavy atom. The van der Waals surface area contributed by atoms with E-state index in [1.165, 1.54) is 64.1 Å². The molecule has 0 aliphatic rings. The molecular formula is C53H33N3S. The highest BCUT2D eigenvalue weighted by atomic mass is 32.1. The predicted molar refractivity (Wildman–Crippen MR) is 240 cm³/mol. The average molecular weight is 744 g/mol. The first-order chi connectivity index (χ1) is 28.2. The second-order valence-corrected chi connectivity index (χ2v) is 15.5. The maximum atomic E-state index is 5.17. The van der Waals surface area contributed by atoms with Gasteiger partial charge in [-0.05, 0) is 97.4 Å². The smallest absolute Gasteiger partial charge is 0.164 e. The molecule has 0 aliphatic carbocycles. The summed E-state index contributed by atoms with van der Waals surface area (Å²) in [6.45, 7) is 0. The lowest BCUT2D eigenvalue weighted by Gasteiger charge is -2.11. The van der Waals surface area contributed by atoms with Gasteiger partial charge in [0.2, 0.25) is 0 Å². The standard InChI is InChI=1S/C53H33N3S/c1-3-10-34(11-4-1)37-18-23-39(24-19-37)51-54-52(43-27-22-36-14-7-8-15-40(36)30-43)56-53(55-51)44-28-29-48-47(33-44)50-46(16-9-17-49(50)57-48)42-26-21-38-20-25-41(31-45(38)32-42)35-12-5-2-6-13-35/h1-33H. The summed E-state index contributed by atoms with van der Waals surface area (Å²) in [4.78, 5) is 15.4. The zero-order valence-electron chi connectivity index (χ0n) is 30.8. The van der Waals surface area contributed by atoms with Gasteiger partial charge in [0.1, 0.15) is 0 Å². The van der Waals surface area contributed by atoms with Crippen LogP contribution >= 0.6 is 11.3 Å². The zero-order chi connectivity index (χ0) is 37.7. The Bertz CT molecular complexity index is 3280. The van der Waals surface area contributed by atoms with Crippen molar-refractivity contribution >= 4 is 53.1 Å². The van der Waals surface area contributed by atoms with Crippen molar-refractivity contribution < 1.29 is 0 Å². The fraction of sp³-hybridized carbons (Fsp3) is 0. The Balaban J connectivity index is 1.05. The minimum atomic E-state index is 0.643. The van der Waals surface area contributed by atoms with Crippen LogP contribution in [0.15, 0.2) is 200 Å². The van der Waals surface area contributed by atoms with Crippen molar-refractivity contribution in [2.24, 2.45) is 0 Å². The van der Waals surface area contributed by atoms with Crippen LogP contribution in [0.5, 0.6) is 0 Å². The SMILES string of the molecule is c1ccc(-c2ccc(-c3nc(-c4ccc5ccccc5c4)nc(-c4ccc5sc6cccc(-c7ccc8ccc(-c9ccccc9)cc8c7)c6c5c4)n3)cc2)cc1. The lowest BCUT2D eigenvalue weighted by Crippen LogP contribution is -2.00. The molecule has 0 aliphatic heterocycles. The summed E-state index contributed by atoms with van der Waals surface area (Å²) in [7, 11) is 0. The van der Waals surface area contributed by atoms with Gasteiger partial charge in [-0.25, -0.2) is 15.0 Å². The van der Waals surface area contributed by atoms with Crippen LogP contribution in [0.3, 0.4) is 0 Å². The molecule has 0 fully saturated rings. The largest absolute Gasteiger partial charge is 0.208 e. The molecule has 11 rings (SSSR count). The van der Waals surface area contributed by atoms with E-state index in [0.29, 0.717) is 17.5 Å². The van der Waals surface area contributed by atoms with Crippen LogP contribution in [0.4, 0.5) is 0 Å². The molecule has 2 heterocycles. The Kier molecular flexibility index (Phi) is 8.01. The van der Waals surface area contributed by atoms with E-state index in [9.17, 15) is 0 Å². The van der Waals surface area contributed by atoms with E-state index in [2.05, 4.69) is 194 Å². The molecule has 0 atom stereocenters. The maximum Gasteiger partial charge on any atom is 0.164 e. The van der Waals surface area contributed by atoms with Crippen molar-refractivity contribution in [1.82, 2.24) is 15.0 Å². The van der Waals surface area contributed by atoms with E-state index in [0.717, 1.165) is 27.6 Å². The number of aromatic nitrogens is 3. The number of fused-ring (bicyclic) bond motifs is 5. The Morgan fingerprint density at radius 2 is 0.772 bits per heavy atom. The molecule has 0 N–H and O–H groups in total. The van der Waals surface area contributed by atoms with Crippen LogP contribution in [0.2, 0.25) is 0 Å². The van der Waals surface area contributed by atoms with Crippen LogP contribution in [0.25, 0.3) is 109 Å². The van der Waals surface area contributed by atoms with Crippen molar-refractivity contribution in [2.75, 3.05) is 0 Å². The highest BCUT2D eigenvalue weighted by Crippen LogP contribution is 2.42. The molecule has 0 bridgehead atoms. The van der Waals surface area contributed by atoms with Gasteiger partial charge >= 0.3 is 0 Å². The molecule has 57 heavy (non-hydrogen) atoms. The van der Waals surface area contributed by atoms with Crippen molar-refractivity contribution in [3.05, 3.63) is 200 Å². The van der Waals surface area contributed by atoms with Crippen molar-refractivity contribution in [2.45, 2.75) is 0 Å². The van der Waals surface area contributed by atoms with Gasteiger partial charge < -0.3 is 0 Å². The quantitative estimate of drug-likeness (QED) is 0.170. The highest BCUT2D eigenvalue weighted by molar-refractivity contribution is 7.26. The first kappa shape index (κ1) is 33.1. The number of hydrogen-bond donors (Lipinski definition) is 0. The van der Waals surface area contributed by atoms with Gasteiger partial charge in [0.15, 0.2) is 17.5 Å². The summed E-state index contributed by atoms with van der Waals surface area (Å²) in [6.07, 6.45) is 0. The van der Waals surface area contributed by atoms with Gasteiger partial charge in [-0.1, -0.05) is 158 Å². The van der Waals surface area contributed by atoms with Gasteiger partial charge in [-0.2, -0.15) is 0 Å². The van der Waals surface area contributed by atoms with Gasteiger partial charge in [0.25, 0.3) is 0 Å². The monoisotopic (exact) mass is 743 g/mol. The summed E-state index contributed by atoms with van der Waals surface area (Å²) >= 11 is 1.83. The molecule has 11 aromatic rings. The van der Waals surface area contributed by atoms with E-state index in [4.69, 9.17) is 15.0 Å². The molecule has 0 amide bonds. The average Bonchev–Trinajstić information content (AvgIpc) is 3.67. The second kappa shape index (κ2) is 13.8. The maximum absolute atomic E-state index is 5.17. The van der Waals surface area contributed by atoms with Crippen molar-refractivity contribution in [1.29, 1.82) is 0 Å². The number of nitrogens with zero attached hydrogens (tertiary/aromatic N) is 3. The molecule has 4 heteroatoms.